The quantitative estimate of drug-likeness (QED) is 0.0647. The monoisotopic (exact) mass is 955 g/mol. The molecule has 0 spiro atoms. The van der Waals surface area contributed by atoms with E-state index in [1.807, 2.05) is 103 Å². The Kier molecular flexibility index (Phi) is 17.3. The van der Waals surface area contributed by atoms with Gasteiger partial charge in [-0.1, -0.05) is 91.0 Å². The zero-order chi connectivity index (χ0) is 49.6. The maximum Gasteiger partial charge on any atom is 0.408 e. The molecule has 2 aliphatic heterocycles. The summed E-state index contributed by atoms with van der Waals surface area (Å²) >= 11 is 0. The molecular formula is C54H65N7O9. The van der Waals surface area contributed by atoms with E-state index in [0.29, 0.717) is 50.1 Å². The van der Waals surface area contributed by atoms with Crippen LogP contribution in [-0.4, -0.2) is 112 Å². The van der Waals surface area contributed by atoms with Gasteiger partial charge in [-0.15, -0.1) is 0 Å². The van der Waals surface area contributed by atoms with E-state index in [9.17, 15) is 28.8 Å². The van der Waals surface area contributed by atoms with Crippen LogP contribution in [0, 0.1) is 0 Å². The van der Waals surface area contributed by atoms with Gasteiger partial charge < -0.3 is 50.3 Å². The van der Waals surface area contributed by atoms with Crippen molar-refractivity contribution in [1.82, 2.24) is 36.1 Å². The molecule has 0 radical (unpaired) electrons. The Balaban J connectivity index is 1.07. The van der Waals surface area contributed by atoms with Crippen molar-refractivity contribution in [2.75, 3.05) is 26.2 Å². The van der Waals surface area contributed by atoms with E-state index < -0.39 is 65.5 Å². The van der Waals surface area contributed by atoms with Gasteiger partial charge in [0.15, 0.2) is 0 Å². The Bertz CT molecular complexity index is 2560. The van der Waals surface area contributed by atoms with E-state index in [-0.39, 0.29) is 45.1 Å². The Morgan fingerprint density at radius 2 is 1.31 bits per heavy atom. The molecule has 5 N–H and O–H groups in total. The molecule has 3 heterocycles. The SMILES string of the molecule is CCNC(=O)[C@H](COCc1ccccc1)NC(=O)[C@H](Cc1ccc(OCc2ccccc2)cc1)NC(=O)[C@@H]1CCCN1C(=O)[C@@H]1CCCN1C(=O)[C@H](Cc1c[nH]c2ccccc12)NC(=O)OC(C)(C)C. The van der Waals surface area contributed by atoms with Gasteiger partial charge in [0, 0.05) is 49.6 Å². The van der Waals surface area contributed by atoms with Crippen LogP contribution in [-0.2, 0) is 59.5 Å². The molecule has 0 saturated carbocycles. The molecule has 4 aromatic carbocycles. The van der Waals surface area contributed by atoms with Crippen LogP contribution in [0.25, 0.3) is 10.9 Å². The Hall–Kier alpha value is -7.20. The summed E-state index contributed by atoms with van der Waals surface area (Å²) in [5.41, 5.74) is 3.49. The molecule has 2 aliphatic rings. The van der Waals surface area contributed by atoms with Crippen LogP contribution in [0.5, 0.6) is 5.75 Å². The minimum Gasteiger partial charge on any atom is -0.489 e. The number of hydrogen-bond donors (Lipinski definition) is 5. The number of aromatic nitrogens is 1. The zero-order valence-corrected chi connectivity index (χ0v) is 40.4. The van der Waals surface area contributed by atoms with Gasteiger partial charge in [-0.05, 0) is 93.8 Å². The van der Waals surface area contributed by atoms with Crippen molar-refractivity contribution in [1.29, 1.82) is 0 Å². The normalized spacial score (nSPS) is 17.0. The number of nitrogens with one attached hydrogen (secondary N) is 5. The average molecular weight is 956 g/mol. The lowest BCUT2D eigenvalue weighted by molar-refractivity contribution is -0.147. The number of hydrogen-bond acceptors (Lipinski definition) is 9. The fraction of sp³-hybridized carbons (Fsp3) is 0.407. The van der Waals surface area contributed by atoms with Crippen molar-refractivity contribution in [3.63, 3.8) is 0 Å². The molecule has 0 bridgehead atoms. The third kappa shape index (κ3) is 13.7. The van der Waals surface area contributed by atoms with Crippen molar-refractivity contribution < 1.29 is 43.0 Å². The zero-order valence-electron chi connectivity index (χ0n) is 40.4. The Morgan fingerprint density at radius 3 is 2.00 bits per heavy atom. The second-order valence-electron chi connectivity index (χ2n) is 18.8. The number of carbonyl (C=O) groups excluding carboxylic acids is 6. The largest absolute Gasteiger partial charge is 0.489 e. The number of ether oxygens (including phenoxy) is 3. The summed E-state index contributed by atoms with van der Waals surface area (Å²) in [5, 5.41) is 12.2. The average Bonchev–Trinajstić information content (AvgIpc) is 4.14. The number of likely N-dealkylation sites (tertiary alicyclic amines) is 2. The van der Waals surface area contributed by atoms with Crippen LogP contribution in [0.1, 0.15) is 75.6 Å². The van der Waals surface area contributed by atoms with Gasteiger partial charge in [0.05, 0.1) is 13.2 Å². The molecule has 1 aromatic heterocycles. The highest BCUT2D eigenvalue weighted by molar-refractivity contribution is 5.97. The maximum atomic E-state index is 14.7. The number of alkyl carbamates (subject to hydrolysis) is 1. The van der Waals surface area contributed by atoms with Crippen LogP contribution in [0.3, 0.4) is 0 Å². The Labute approximate surface area is 409 Å². The van der Waals surface area contributed by atoms with Crippen LogP contribution >= 0.6 is 0 Å². The lowest BCUT2D eigenvalue weighted by Crippen LogP contribution is -2.59. The number of likely N-dealkylation sites (N-methyl/N-ethyl adjacent to an activating group) is 1. The fourth-order valence-electron chi connectivity index (χ4n) is 8.95. The van der Waals surface area contributed by atoms with Crippen molar-refractivity contribution in [3.8, 4) is 5.75 Å². The smallest absolute Gasteiger partial charge is 0.408 e. The number of fused-ring (bicyclic) bond motifs is 1. The molecule has 2 saturated heterocycles. The minimum atomic E-state index is -1.17. The highest BCUT2D eigenvalue weighted by Gasteiger charge is 2.44. The number of H-pyrrole nitrogens is 1. The first-order valence-corrected chi connectivity index (χ1v) is 24.2. The van der Waals surface area contributed by atoms with Crippen molar-refractivity contribution in [2.24, 2.45) is 0 Å². The van der Waals surface area contributed by atoms with E-state index in [1.165, 1.54) is 9.80 Å². The predicted molar refractivity (Wildman–Crippen MR) is 264 cm³/mol. The van der Waals surface area contributed by atoms with E-state index >= 15 is 0 Å². The summed E-state index contributed by atoms with van der Waals surface area (Å²) in [4.78, 5) is 90.9. The highest BCUT2D eigenvalue weighted by atomic mass is 16.6. The predicted octanol–water partition coefficient (Wildman–Crippen LogP) is 5.73. The van der Waals surface area contributed by atoms with Crippen LogP contribution < -0.4 is 26.0 Å². The van der Waals surface area contributed by atoms with Gasteiger partial charge in [0.1, 0.15) is 48.2 Å². The molecule has 16 nitrogen and oxygen atoms in total. The number of carbonyl (C=O) groups is 6. The van der Waals surface area contributed by atoms with E-state index in [1.54, 1.807) is 39.8 Å². The second-order valence-corrected chi connectivity index (χ2v) is 18.8. The van der Waals surface area contributed by atoms with Crippen LogP contribution in [0.4, 0.5) is 4.79 Å². The minimum absolute atomic E-state index is 0.0531. The second kappa shape index (κ2) is 23.9. The first-order chi connectivity index (χ1) is 33.8. The Morgan fingerprint density at radius 1 is 0.671 bits per heavy atom. The number of aromatic amines is 1. The molecule has 7 rings (SSSR count). The lowest BCUT2D eigenvalue weighted by Gasteiger charge is -2.33. The number of amides is 6. The topological polar surface area (TPSA) is 200 Å². The number of rotatable bonds is 20. The molecule has 0 unspecified atom stereocenters. The highest BCUT2D eigenvalue weighted by Crippen LogP contribution is 2.28. The molecule has 5 atom stereocenters. The molecule has 6 amide bonds. The number of nitrogens with zero attached hydrogens (tertiary/aromatic N) is 2. The molecule has 370 valence electrons. The lowest BCUT2D eigenvalue weighted by atomic mass is 10.0. The third-order valence-electron chi connectivity index (χ3n) is 12.4. The molecule has 5 aromatic rings. The van der Waals surface area contributed by atoms with E-state index in [0.717, 1.165) is 27.6 Å². The number of para-hydroxylation sites is 1. The summed E-state index contributed by atoms with van der Waals surface area (Å²) < 4.78 is 17.5. The van der Waals surface area contributed by atoms with Crippen LogP contribution in [0.15, 0.2) is 115 Å². The standard InChI is InChI=1S/C54H65N7O9/c1-5-55-48(62)45(35-68-33-37-16-8-6-9-17-37)58-49(63)43(30-36-24-26-40(27-25-36)69-34-38-18-10-7-11-19-38)57-50(64)46-22-14-28-60(46)52(66)47-23-15-29-61(47)51(65)44(59-53(67)70-54(2,3)4)31-39-32-56-42-21-13-12-20-41(39)42/h6-13,16-21,24-27,32,43-47,56H,5,14-15,22-23,28-31,33-35H2,1-4H3,(H,55,62)(H,57,64)(H,58,63)(H,59,67)/t43-,44-,45-,46-,47-/m0/s1. The fourth-order valence-corrected chi connectivity index (χ4v) is 8.95. The molecule has 70 heavy (non-hydrogen) atoms. The van der Waals surface area contributed by atoms with Gasteiger partial charge in [-0.25, -0.2) is 4.79 Å². The van der Waals surface area contributed by atoms with Gasteiger partial charge in [0.25, 0.3) is 0 Å². The van der Waals surface area contributed by atoms with E-state index in [4.69, 9.17) is 14.2 Å². The van der Waals surface area contributed by atoms with Crippen LogP contribution in [0.2, 0.25) is 0 Å². The van der Waals surface area contributed by atoms with Gasteiger partial charge >= 0.3 is 6.09 Å². The van der Waals surface area contributed by atoms with Gasteiger partial charge in [-0.2, -0.15) is 0 Å². The third-order valence-corrected chi connectivity index (χ3v) is 12.4. The van der Waals surface area contributed by atoms with Crippen molar-refractivity contribution in [3.05, 3.63) is 138 Å². The van der Waals surface area contributed by atoms with E-state index in [2.05, 4.69) is 26.3 Å². The maximum absolute atomic E-state index is 14.7. The van der Waals surface area contributed by atoms with Crippen molar-refractivity contribution >= 4 is 46.5 Å². The first-order valence-electron chi connectivity index (χ1n) is 24.2. The summed E-state index contributed by atoms with van der Waals surface area (Å²) in [7, 11) is 0. The molecule has 0 aliphatic carbocycles. The summed E-state index contributed by atoms with van der Waals surface area (Å²) in [6.07, 6.45) is 3.01. The number of benzene rings is 4. The van der Waals surface area contributed by atoms with Gasteiger partial charge in [-0.3, -0.25) is 24.0 Å². The summed E-state index contributed by atoms with van der Waals surface area (Å²) in [6.45, 7) is 8.31. The summed E-state index contributed by atoms with van der Waals surface area (Å²) in [5.74, 6) is -1.79. The summed E-state index contributed by atoms with van der Waals surface area (Å²) in [6, 6.07) is 29.0. The molecule has 16 heteroatoms. The molecule has 2 fully saturated rings. The first kappa shape index (κ1) is 50.7. The van der Waals surface area contributed by atoms with Gasteiger partial charge in [0.2, 0.25) is 29.5 Å². The molecular weight excluding hydrogens is 891 g/mol. The van der Waals surface area contributed by atoms with Crippen molar-refractivity contribution in [2.45, 2.75) is 115 Å².